The molecule has 0 unspecified atom stereocenters. The Kier molecular flexibility index (Phi) is 3.47. The number of hydrogen-bond acceptors (Lipinski definition) is 3. The van der Waals surface area contributed by atoms with E-state index in [0.717, 1.165) is 23.4 Å². The van der Waals surface area contributed by atoms with Crippen molar-refractivity contribution in [3.63, 3.8) is 0 Å². The average Bonchev–Trinajstić information content (AvgIpc) is 2.76. The second-order valence-corrected chi connectivity index (χ2v) is 5.59. The van der Waals surface area contributed by atoms with Gasteiger partial charge in [-0.05, 0) is 43.5 Å². The Hall–Kier alpha value is -2.20. The fourth-order valence-electron chi connectivity index (χ4n) is 2.94. The molecule has 0 fully saturated rings. The first-order chi connectivity index (χ1) is 10.1. The van der Waals surface area contributed by atoms with Gasteiger partial charge in [0.15, 0.2) is 0 Å². The number of pyridine rings is 1. The topological polar surface area (TPSA) is 68.0 Å². The molecule has 108 valence electrons. The van der Waals surface area contributed by atoms with Gasteiger partial charge in [-0.1, -0.05) is 24.3 Å². The lowest BCUT2D eigenvalue weighted by Gasteiger charge is -2.18. The summed E-state index contributed by atoms with van der Waals surface area (Å²) in [5, 5.41) is 3.05. The average molecular weight is 281 g/mol. The summed E-state index contributed by atoms with van der Waals surface area (Å²) in [6.45, 7) is 3.77. The fourth-order valence-corrected chi connectivity index (χ4v) is 2.94. The van der Waals surface area contributed by atoms with Crippen LogP contribution in [-0.4, -0.2) is 16.9 Å². The second kappa shape index (κ2) is 5.30. The van der Waals surface area contributed by atoms with Crippen molar-refractivity contribution in [3.8, 4) is 0 Å². The molecule has 3 N–H and O–H groups in total. The summed E-state index contributed by atoms with van der Waals surface area (Å²) in [7, 11) is 0. The third-order valence-corrected chi connectivity index (χ3v) is 4.07. The zero-order chi connectivity index (χ0) is 15.0. The first-order valence-electron chi connectivity index (χ1n) is 7.15. The zero-order valence-corrected chi connectivity index (χ0v) is 12.3. The quantitative estimate of drug-likeness (QED) is 0.885. The van der Waals surface area contributed by atoms with E-state index >= 15 is 0 Å². The molecule has 1 aliphatic carbocycles. The van der Waals surface area contributed by atoms with E-state index in [1.807, 2.05) is 44.2 Å². The van der Waals surface area contributed by atoms with Crippen molar-refractivity contribution in [2.45, 2.75) is 32.4 Å². The largest absolute Gasteiger partial charge is 0.347 e. The molecular formula is C17H19N3O. The molecule has 4 heteroatoms. The van der Waals surface area contributed by atoms with E-state index < -0.39 is 0 Å². The van der Waals surface area contributed by atoms with Gasteiger partial charge in [0.05, 0.1) is 23.3 Å². The molecule has 0 saturated heterocycles. The van der Waals surface area contributed by atoms with E-state index in [-0.39, 0.29) is 18.0 Å². The van der Waals surface area contributed by atoms with Crippen LogP contribution in [0.3, 0.4) is 0 Å². The Balaban J connectivity index is 1.78. The number of aromatic nitrogens is 1. The van der Waals surface area contributed by atoms with Crippen molar-refractivity contribution >= 4 is 5.91 Å². The van der Waals surface area contributed by atoms with Crippen molar-refractivity contribution < 1.29 is 4.79 Å². The van der Waals surface area contributed by atoms with Crippen LogP contribution in [0.1, 0.15) is 38.9 Å². The van der Waals surface area contributed by atoms with Crippen LogP contribution in [0.5, 0.6) is 0 Å². The molecule has 1 heterocycles. The minimum absolute atomic E-state index is 0.0596. The third kappa shape index (κ3) is 2.54. The highest BCUT2D eigenvalue weighted by Gasteiger charge is 2.30. The van der Waals surface area contributed by atoms with E-state index in [2.05, 4.69) is 16.4 Å². The Morgan fingerprint density at radius 1 is 1.24 bits per heavy atom. The highest BCUT2D eigenvalue weighted by Crippen LogP contribution is 2.29. The predicted octanol–water partition coefficient (Wildman–Crippen LogP) is 2.05. The first kappa shape index (κ1) is 13.8. The van der Waals surface area contributed by atoms with Crippen LogP contribution in [0.2, 0.25) is 0 Å². The summed E-state index contributed by atoms with van der Waals surface area (Å²) < 4.78 is 0. The van der Waals surface area contributed by atoms with Gasteiger partial charge in [-0.3, -0.25) is 9.78 Å². The number of nitrogens with zero attached hydrogens (tertiary/aromatic N) is 1. The van der Waals surface area contributed by atoms with E-state index in [4.69, 9.17) is 5.73 Å². The number of nitrogens with two attached hydrogens (primary N) is 1. The Morgan fingerprint density at radius 2 is 2.00 bits per heavy atom. The predicted molar refractivity (Wildman–Crippen MR) is 82.0 cm³/mol. The SMILES string of the molecule is Cc1ccc(C(=O)N[C@@H]2Cc3ccccc3[C@H]2N)c(C)n1. The fraction of sp³-hybridized carbons (Fsp3) is 0.294. The number of aryl methyl sites for hydroxylation is 2. The molecule has 0 radical (unpaired) electrons. The standard InChI is InChI=1S/C17H19N3O/c1-10-7-8-13(11(2)19-10)17(21)20-15-9-12-5-3-4-6-14(12)16(15)18/h3-8,15-16H,9,18H2,1-2H3,(H,20,21)/t15-,16-/m1/s1. The van der Waals surface area contributed by atoms with Crippen molar-refractivity contribution in [3.05, 3.63) is 64.5 Å². The zero-order valence-electron chi connectivity index (χ0n) is 12.3. The summed E-state index contributed by atoms with van der Waals surface area (Å²) in [4.78, 5) is 16.8. The van der Waals surface area contributed by atoms with Gasteiger partial charge in [-0.2, -0.15) is 0 Å². The lowest BCUT2D eigenvalue weighted by atomic mass is 10.1. The molecule has 0 bridgehead atoms. The molecule has 1 amide bonds. The minimum atomic E-state index is -0.149. The number of amides is 1. The second-order valence-electron chi connectivity index (χ2n) is 5.59. The molecule has 1 aromatic carbocycles. The van der Waals surface area contributed by atoms with Gasteiger partial charge in [-0.15, -0.1) is 0 Å². The van der Waals surface area contributed by atoms with Crippen LogP contribution in [0.15, 0.2) is 36.4 Å². The molecule has 0 aliphatic heterocycles. The summed E-state index contributed by atoms with van der Waals surface area (Å²) in [6.07, 6.45) is 0.779. The van der Waals surface area contributed by atoms with E-state index in [1.54, 1.807) is 0 Å². The molecule has 2 aromatic rings. The molecule has 1 aliphatic rings. The molecule has 4 nitrogen and oxygen atoms in total. The van der Waals surface area contributed by atoms with Gasteiger partial charge in [-0.25, -0.2) is 0 Å². The number of benzene rings is 1. The van der Waals surface area contributed by atoms with Gasteiger partial charge in [0, 0.05) is 5.69 Å². The van der Waals surface area contributed by atoms with Crippen LogP contribution in [-0.2, 0) is 6.42 Å². The maximum absolute atomic E-state index is 12.4. The number of rotatable bonds is 2. The van der Waals surface area contributed by atoms with Gasteiger partial charge < -0.3 is 11.1 Å². The van der Waals surface area contributed by atoms with Crippen LogP contribution >= 0.6 is 0 Å². The Morgan fingerprint density at radius 3 is 2.71 bits per heavy atom. The van der Waals surface area contributed by atoms with Crippen molar-refractivity contribution in [1.82, 2.24) is 10.3 Å². The maximum atomic E-state index is 12.4. The maximum Gasteiger partial charge on any atom is 0.253 e. The van der Waals surface area contributed by atoms with E-state index in [0.29, 0.717) is 5.56 Å². The lowest BCUT2D eigenvalue weighted by Crippen LogP contribution is -2.41. The van der Waals surface area contributed by atoms with Crippen LogP contribution in [0.25, 0.3) is 0 Å². The lowest BCUT2D eigenvalue weighted by molar-refractivity contribution is 0.0932. The van der Waals surface area contributed by atoms with Gasteiger partial charge in [0.2, 0.25) is 0 Å². The molecule has 2 atom stereocenters. The summed E-state index contributed by atoms with van der Waals surface area (Å²) in [6, 6.07) is 11.6. The van der Waals surface area contributed by atoms with Crippen LogP contribution < -0.4 is 11.1 Å². The molecule has 0 saturated carbocycles. The van der Waals surface area contributed by atoms with E-state index in [9.17, 15) is 4.79 Å². The highest BCUT2D eigenvalue weighted by molar-refractivity contribution is 5.95. The van der Waals surface area contributed by atoms with Gasteiger partial charge >= 0.3 is 0 Å². The summed E-state index contributed by atoms with van der Waals surface area (Å²) in [5.41, 5.74) is 10.9. The van der Waals surface area contributed by atoms with Crippen molar-refractivity contribution in [2.75, 3.05) is 0 Å². The number of carbonyl (C=O) groups is 1. The monoisotopic (exact) mass is 281 g/mol. The number of carbonyl (C=O) groups excluding carboxylic acids is 1. The normalized spacial score (nSPS) is 20.1. The minimum Gasteiger partial charge on any atom is -0.347 e. The van der Waals surface area contributed by atoms with E-state index in [1.165, 1.54) is 5.56 Å². The number of nitrogens with one attached hydrogen (secondary N) is 1. The smallest absolute Gasteiger partial charge is 0.253 e. The number of fused-ring (bicyclic) bond motifs is 1. The molecular weight excluding hydrogens is 262 g/mol. The summed E-state index contributed by atoms with van der Waals surface area (Å²) >= 11 is 0. The Bertz CT molecular complexity index is 696. The van der Waals surface area contributed by atoms with Crippen molar-refractivity contribution in [2.24, 2.45) is 5.73 Å². The summed E-state index contributed by atoms with van der Waals surface area (Å²) in [5.74, 6) is -0.103. The van der Waals surface area contributed by atoms with Gasteiger partial charge in [0.25, 0.3) is 5.91 Å². The van der Waals surface area contributed by atoms with Gasteiger partial charge in [0.1, 0.15) is 0 Å². The highest BCUT2D eigenvalue weighted by atomic mass is 16.1. The molecule has 3 rings (SSSR count). The molecule has 21 heavy (non-hydrogen) atoms. The third-order valence-electron chi connectivity index (χ3n) is 4.07. The molecule has 1 aromatic heterocycles. The number of hydrogen-bond donors (Lipinski definition) is 2. The first-order valence-corrected chi connectivity index (χ1v) is 7.15. The molecule has 0 spiro atoms. The Labute approximate surface area is 124 Å². The van der Waals surface area contributed by atoms with Crippen LogP contribution in [0, 0.1) is 13.8 Å². The van der Waals surface area contributed by atoms with Crippen LogP contribution in [0.4, 0.5) is 0 Å². The van der Waals surface area contributed by atoms with Crippen molar-refractivity contribution in [1.29, 1.82) is 0 Å².